The van der Waals surface area contributed by atoms with Crippen molar-refractivity contribution in [1.82, 2.24) is 0 Å². The van der Waals surface area contributed by atoms with Crippen LogP contribution >= 0.6 is 0 Å². The lowest BCUT2D eigenvalue weighted by Gasteiger charge is -2.10. The van der Waals surface area contributed by atoms with Crippen LogP contribution in [0.25, 0.3) is 0 Å². The van der Waals surface area contributed by atoms with E-state index in [0.29, 0.717) is 6.42 Å². The van der Waals surface area contributed by atoms with Gasteiger partial charge in [-0.3, -0.25) is 0 Å². The standard InChI is InChI=1S/2C7H11NO4.CH4/c1-3-6(9)12-5(2)4-11-7(8)10;1-2-6(9)11-4-3-5-12-7(8)10;/h3,5H,1,4H2,2H3,(H2,8,10);2H,1,3-5H2,(H2,8,10);1H4. The number of rotatable bonds is 9. The van der Waals surface area contributed by atoms with Gasteiger partial charge in [0, 0.05) is 18.6 Å². The second-order valence-electron chi connectivity index (χ2n) is 3.97. The van der Waals surface area contributed by atoms with Gasteiger partial charge in [-0.05, 0) is 6.92 Å². The highest BCUT2D eigenvalue weighted by Crippen LogP contribution is 1.93. The lowest BCUT2D eigenvalue weighted by molar-refractivity contribution is -0.144. The Labute approximate surface area is 146 Å². The number of ether oxygens (including phenoxy) is 4. The largest absolute Gasteiger partial charge is 0.462 e. The Kier molecular flexibility index (Phi) is 18.6. The zero-order chi connectivity index (χ0) is 19.0. The van der Waals surface area contributed by atoms with Gasteiger partial charge in [-0.1, -0.05) is 20.6 Å². The maximum atomic E-state index is 10.6. The highest BCUT2D eigenvalue weighted by Gasteiger charge is 2.07. The van der Waals surface area contributed by atoms with Gasteiger partial charge in [0.05, 0.1) is 13.2 Å². The van der Waals surface area contributed by atoms with Crippen LogP contribution in [0.1, 0.15) is 20.8 Å². The fourth-order valence-electron chi connectivity index (χ4n) is 0.943. The van der Waals surface area contributed by atoms with E-state index in [1.54, 1.807) is 6.92 Å². The Bertz CT molecular complexity index is 451. The Morgan fingerprint density at radius 2 is 1.40 bits per heavy atom. The molecule has 0 rings (SSSR count). The smallest absolute Gasteiger partial charge is 0.404 e. The lowest BCUT2D eigenvalue weighted by atomic mass is 10.4. The van der Waals surface area contributed by atoms with E-state index in [-0.39, 0.29) is 27.2 Å². The van der Waals surface area contributed by atoms with Gasteiger partial charge in [0.15, 0.2) is 0 Å². The molecular weight excluding hydrogens is 336 g/mol. The van der Waals surface area contributed by atoms with Crippen LogP contribution in [0.5, 0.6) is 0 Å². The summed E-state index contributed by atoms with van der Waals surface area (Å²) in [5, 5.41) is 0. The molecule has 0 aromatic heterocycles. The van der Waals surface area contributed by atoms with Crippen molar-refractivity contribution in [1.29, 1.82) is 0 Å². The van der Waals surface area contributed by atoms with E-state index in [1.807, 2.05) is 0 Å². The highest BCUT2D eigenvalue weighted by atomic mass is 16.6. The predicted molar refractivity (Wildman–Crippen MR) is 89.3 cm³/mol. The molecule has 2 amide bonds. The van der Waals surface area contributed by atoms with Gasteiger partial charge in [-0.2, -0.15) is 0 Å². The molecular formula is C15H26N2O8. The molecule has 0 aromatic rings. The molecule has 0 heterocycles. The Hall–Kier alpha value is -3.04. The average Bonchev–Trinajstić information content (AvgIpc) is 2.52. The number of hydrogen-bond donors (Lipinski definition) is 2. The van der Waals surface area contributed by atoms with Crippen LogP contribution in [0.3, 0.4) is 0 Å². The first kappa shape index (κ1) is 26.8. The number of carbonyl (C=O) groups is 4. The molecule has 1 unspecified atom stereocenters. The molecule has 0 aliphatic rings. The van der Waals surface area contributed by atoms with E-state index in [9.17, 15) is 19.2 Å². The van der Waals surface area contributed by atoms with Crippen LogP contribution in [0.2, 0.25) is 0 Å². The summed E-state index contributed by atoms with van der Waals surface area (Å²) in [6, 6.07) is 0. The van der Waals surface area contributed by atoms with E-state index >= 15 is 0 Å². The molecule has 144 valence electrons. The van der Waals surface area contributed by atoms with E-state index in [2.05, 4.69) is 43.6 Å². The summed E-state index contributed by atoms with van der Waals surface area (Å²) in [7, 11) is 0. The third kappa shape index (κ3) is 23.4. The van der Waals surface area contributed by atoms with Crippen molar-refractivity contribution in [2.45, 2.75) is 26.9 Å². The molecule has 10 heteroatoms. The van der Waals surface area contributed by atoms with Crippen LogP contribution in [0.4, 0.5) is 9.59 Å². The summed E-state index contributed by atoms with van der Waals surface area (Å²) in [6.45, 7) is 8.28. The second-order valence-corrected chi connectivity index (χ2v) is 3.97. The first-order valence-corrected chi connectivity index (χ1v) is 6.69. The molecule has 0 bridgehead atoms. The quantitative estimate of drug-likeness (QED) is 0.266. The first-order chi connectivity index (χ1) is 11.2. The fourth-order valence-corrected chi connectivity index (χ4v) is 0.943. The first-order valence-electron chi connectivity index (χ1n) is 6.69. The molecule has 0 saturated heterocycles. The minimum Gasteiger partial charge on any atom is -0.462 e. The molecule has 25 heavy (non-hydrogen) atoms. The SMILES string of the molecule is C.C=CC(=O)OC(C)COC(N)=O.C=CC(=O)OCCCOC(N)=O. The number of primary amides is 2. The number of amides is 2. The topological polar surface area (TPSA) is 157 Å². The van der Waals surface area contributed by atoms with E-state index in [4.69, 9.17) is 0 Å². The van der Waals surface area contributed by atoms with Gasteiger partial charge in [-0.25, -0.2) is 19.2 Å². The van der Waals surface area contributed by atoms with Crippen LogP contribution in [-0.2, 0) is 28.5 Å². The third-order valence-electron chi connectivity index (χ3n) is 1.89. The van der Waals surface area contributed by atoms with Crippen molar-refractivity contribution in [3.05, 3.63) is 25.3 Å². The minimum absolute atomic E-state index is 0. The van der Waals surface area contributed by atoms with Gasteiger partial charge < -0.3 is 30.4 Å². The molecule has 0 spiro atoms. The fraction of sp³-hybridized carbons (Fsp3) is 0.467. The van der Waals surface area contributed by atoms with E-state index < -0.39 is 30.2 Å². The van der Waals surface area contributed by atoms with Crippen molar-refractivity contribution < 1.29 is 38.1 Å². The van der Waals surface area contributed by atoms with Gasteiger partial charge in [-0.15, -0.1) is 0 Å². The number of esters is 2. The maximum absolute atomic E-state index is 10.6. The molecule has 10 nitrogen and oxygen atoms in total. The summed E-state index contributed by atoms with van der Waals surface area (Å²) in [5.41, 5.74) is 9.36. The zero-order valence-electron chi connectivity index (χ0n) is 13.4. The molecule has 0 fully saturated rings. The third-order valence-corrected chi connectivity index (χ3v) is 1.89. The molecule has 0 aliphatic carbocycles. The maximum Gasteiger partial charge on any atom is 0.404 e. The van der Waals surface area contributed by atoms with E-state index in [1.165, 1.54) is 0 Å². The monoisotopic (exact) mass is 362 g/mol. The Morgan fingerprint density at radius 3 is 1.84 bits per heavy atom. The minimum atomic E-state index is -0.892. The van der Waals surface area contributed by atoms with Crippen LogP contribution in [-0.4, -0.2) is 50.0 Å². The van der Waals surface area contributed by atoms with Crippen molar-refractivity contribution >= 4 is 24.1 Å². The van der Waals surface area contributed by atoms with Gasteiger partial charge in [0.2, 0.25) is 0 Å². The lowest BCUT2D eigenvalue weighted by Crippen LogP contribution is -2.23. The number of carbonyl (C=O) groups excluding carboxylic acids is 4. The number of hydrogen-bond acceptors (Lipinski definition) is 8. The molecule has 0 saturated carbocycles. The van der Waals surface area contributed by atoms with Crippen LogP contribution < -0.4 is 11.5 Å². The molecule has 1 atom stereocenters. The Balaban J connectivity index is -0.000000372. The molecule has 0 aromatic carbocycles. The highest BCUT2D eigenvalue weighted by molar-refractivity contribution is 5.81. The van der Waals surface area contributed by atoms with Crippen LogP contribution in [0, 0.1) is 0 Å². The van der Waals surface area contributed by atoms with Crippen LogP contribution in [0.15, 0.2) is 25.3 Å². The molecule has 0 aliphatic heterocycles. The Morgan fingerprint density at radius 1 is 0.920 bits per heavy atom. The summed E-state index contributed by atoms with van der Waals surface area (Å²) < 4.78 is 18.0. The normalized spacial score (nSPS) is 9.64. The average molecular weight is 362 g/mol. The summed E-state index contributed by atoms with van der Waals surface area (Å²) in [6.07, 6.45) is 0.294. The van der Waals surface area contributed by atoms with E-state index in [0.717, 1.165) is 12.2 Å². The van der Waals surface area contributed by atoms with Crippen molar-refractivity contribution in [2.24, 2.45) is 11.5 Å². The summed E-state index contributed by atoms with van der Waals surface area (Å²) >= 11 is 0. The van der Waals surface area contributed by atoms with Gasteiger partial charge in [0.1, 0.15) is 12.7 Å². The van der Waals surface area contributed by atoms with Crippen molar-refractivity contribution in [3.63, 3.8) is 0 Å². The summed E-state index contributed by atoms with van der Waals surface area (Å²) in [4.78, 5) is 41.1. The van der Waals surface area contributed by atoms with Crippen molar-refractivity contribution in [2.75, 3.05) is 19.8 Å². The summed E-state index contributed by atoms with van der Waals surface area (Å²) in [5.74, 6) is -1.05. The van der Waals surface area contributed by atoms with Crippen molar-refractivity contribution in [3.8, 4) is 0 Å². The predicted octanol–water partition coefficient (Wildman–Crippen LogP) is 1.04. The second kappa shape index (κ2) is 17.3. The van der Waals surface area contributed by atoms with Gasteiger partial charge >= 0.3 is 24.1 Å². The zero-order valence-corrected chi connectivity index (χ0v) is 13.4. The van der Waals surface area contributed by atoms with Gasteiger partial charge in [0.25, 0.3) is 0 Å². The molecule has 4 N–H and O–H groups in total. The number of nitrogens with two attached hydrogens (primary N) is 2. The molecule has 0 radical (unpaired) electrons.